The zero-order valence-corrected chi connectivity index (χ0v) is 13.1. The van der Waals surface area contributed by atoms with Crippen LogP contribution in [0.2, 0.25) is 0 Å². The number of nitrogens with zero attached hydrogens (tertiary/aromatic N) is 3. The van der Waals surface area contributed by atoms with Crippen molar-refractivity contribution in [1.82, 2.24) is 20.3 Å². The lowest BCUT2D eigenvalue weighted by molar-refractivity contribution is -0.129. The quantitative estimate of drug-likeness (QED) is 0.437. The standard InChI is InChI=1S/C16H26N4O2/c21-15(19-22)8-3-1-2-4-11-20-12-5-7-14(13-20)16-17-9-6-10-18-16/h6,9-10,14,22H,1-5,7-8,11-13H2,(H,19,21). The number of amides is 1. The van der Waals surface area contributed by atoms with E-state index in [1.165, 1.54) is 12.8 Å². The van der Waals surface area contributed by atoms with E-state index in [2.05, 4.69) is 14.9 Å². The van der Waals surface area contributed by atoms with Gasteiger partial charge in [0.15, 0.2) is 0 Å². The van der Waals surface area contributed by atoms with Crippen molar-refractivity contribution >= 4 is 5.91 Å². The van der Waals surface area contributed by atoms with Crippen molar-refractivity contribution in [3.05, 3.63) is 24.3 Å². The number of unbranched alkanes of at least 4 members (excludes halogenated alkanes) is 3. The van der Waals surface area contributed by atoms with E-state index in [4.69, 9.17) is 5.21 Å². The first kappa shape index (κ1) is 16.8. The highest BCUT2D eigenvalue weighted by molar-refractivity contribution is 5.74. The predicted molar refractivity (Wildman–Crippen MR) is 83.5 cm³/mol. The first-order valence-corrected chi connectivity index (χ1v) is 8.22. The number of hydroxylamine groups is 1. The summed E-state index contributed by atoms with van der Waals surface area (Å²) in [5, 5.41) is 8.41. The molecule has 6 heteroatoms. The molecule has 0 saturated carbocycles. The summed E-state index contributed by atoms with van der Waals surface area (Å²) in [7, 11) is 0. The number of carbonyl (C=O) groups is 1. The summed E-state index contributed by atoms with van der Waals surface area (Å²) < 4.78 is 0. The molecule has 0 aliphatic carbocycles. The molecule has 6 nitrogen and oxygen atoms in total. The Morgan fingerprint density at radius 1 is 1.27 bits per heavy atom. The second-order valence-corrected chi connectivity index (χ2v) is 5.95. The number of hydrogen-bond acceptors (Lipinski definition) is 5. The van der Waals surface area contributed by atoms with Gasteiger partial charge in [0.1, 0.15) is 5.82 Å². The molecule has 1 aliphatic heterocycles. The lowest BCUT2D eigenvalue weighted by atomic mass is 9.97. The smallest absolute Gasteiger partial charge is 0.243 e. The normalized spacial score (nSPS) is 19.0. The fraction of sp³-hybridized carbons (Fsp3) is 0.688. The van der Waals surface area contributed by atoms with Gasteiger partial charge in [0.2, 0.25) is 5.91 Å². The van der Waals surface area contributed by atoms with Gasteiger partial charge in [0.25, 0.3) is 0 Å². The van der Waals surface area contributed by atoms with Gasteiger partial charge in [-0.2, -0.15) is 0 Å². The zero-order valence-electron chi connectivity index (χ0n) is 13.1. The number of rotatable bonds is 8. The molecule has 122 valence electrons. The van der Waals surface area contributed by atoms with Crippen LogP contribution in [-0.2, 0) is 4.79 Å². The van der Waals surface area contributed by atoms with Crippen LogP contribution in [0, 0.1) is 0 Å². The van der Waals surface area contributed by atoms with Gasteiger partial charge in [-0.05, 0) is 44.8 Å². The molecule has 1 fully saturated rings. The molecule has 0 bridgehead atoms. The Balaban J connectivity index is 1.61. The van der Waals surface area contributed by atoms with Crippen LogP contribution < -0.4 is 5.48 Å². The topological polar surface area (TPSA) is 78.4 Å². The molecule has 0 aromatic carbocycles. The van der Waals surface area contributed by atoms with Gasteiger partial charge < -0.3 is 4.90 Å². The largest absolute Gasteiger partial charge is 0.303 e. The number of carbonyl (C=O) groups excluding carboxylic acids is 1. The first-order chi connectivity index (χ1) is 10.8. The van der Waals surface area contributed by atoms with Crippen molar-refractivity contribution in [1.29, 1.82) is 0 Å². The Hall–Kier alpha value is -1.53. The number of aromatic nitrogens is 2. The number of nitrogens with one attached hydrogen (secondary N) is 1. The third-order valence-electron chi connectivity index (χ3n) is 4.21. The molecule has 2 heterocycles. The molecule has 2 rings (SSSR count). The Morgan fingerprint density at radius 3 is 2.82 bits per heavy atom. The minimum atomic E-state index is -0.290. The van der Waals surface area contributed by atoms with Crippen molar-refractivity contribution in [2.24, 2.45) is 0 Å². The molecule has 22 heavy (non-hydrogen) atoms. The van der Waals surface area contributed by atoms with E-state index < -0.39 is 0 Å². The molecular formula is C16H26N4O2. The molecule has 1 aromatic heterocycles. The molecule has 1 amide bonds. The minimum Gasteiger partial charge on any atom is -0.303 e. The number of hydrogen-bond donors (Lipinski definition) is 2. The minimum absolute atomic E-state index is 0.290. The molecule has 1 atom stereocenters. The third kappa shape index (κ3) is 5.69. The average molecular weight is 306 g/mol. The number of piperidine rings is 1. The first-order valence-electron chi connectivity index (χ1n) is 8.22. The van der Waals surface area contributed by atoms with Gasteiger partial charge >= 0.3 is 0 Å². The van der Waals surface area contributed by atoms with Crippen molar-refractivity contribution < 1.29 is 10.0 Å². The summed E-state index contributed by atoms with van der Waals surface area (Å²) in [6.45, 7) is 3.32. The number of likely N-dealkylation sites (tertiary alicyclic amines) is 1. The lowest BCUT2D eigenvalue weighted by Crippen LogP contribution is -2.35. The average Bonchev–Trinajstić information content (AvgIpc) is 2.58. The van der Waals surface area contributed by atoms with Gasteiger partial charge in [-0.15, -0.1) is 0 Å². The molecule has 1 unspecified atom stereocenters. The summed E-state index contributed by atoms with van der Waals surface area (Å²) in [4.78, 5) is 22.2. The van der Waals surface area contributed by atoms with Crippen LogP contribution in [0.5, 0.6) is 0 Å². The van der Waals surface area contributed by atoms with Crippen LogP contribution in [0.4, 0.5) is 0 Å². The van der Waals surface area contributed by atoms with E-state index in [1.54, 1.807) is 5.48 Å². The van der Waals surface area contributed by atoms with Crippen LogP contribution in [0.3, 0.4) is 0 Å². The van der Waals surface area contributed by atoms with Crippen LogP contribution >= 0.6 is 0 Å². The van der Waals surface area contributed by atoms with E-state index in [9.17, 15) is 4.79 Å². The summed E-state index contributed by atoms with van der Waals surface area (Å²) >= 11 is 0. The zero-order chi connectivity index (χ0) is 15.6. The van der Waals surface area contributed by atoms with Gasteiger partial charge in [-0.25, -0.2) is 15.4 Å². The monoisotopic (exact) mass is 306 g/mol. The molecular weight excluding hydrogens is 280 g/mol. The lowest BCUT2D eigenvalue weighted by Gasteiger charge is -2.31. The molecule has 0 spiro atoms. The maximum Gasteiger partial charge on any atom is 0.243 e. The van der Waals surface area contributed by atoms with Crippen molar-refractivity contribution in [3.63, 3.8) is 0 Å². The highest BCUT2D eigenvalue weighted by Crippen LogP contribution is 2.24. The van der Waals surface area contributed by atoms with Crippen molar-refractivity contribution in [2.45, 2.75) is 50.9 Å². The Morgan fingerprint density at radius 2 is 2.05 bits per heavy atom. The SMILES string of the molecule is O=C(CCCCCCN1CCCC(c2ncccn2)C1)NO. The van der Waals surface area contributed by atoms with E-state index in [1.807, 2.05) is 18.5 Å². The van der Waals surface area contributed by atoms with Crippen LogP contribution in [-0.4, -0.2) is 45.6 Å². The fourth-order valence-corrected chi connectivity index (χ4v) is 3.02. The summed E-state index contributed by atoms with van der Waals surface area (Å²) in [5.41, 5.74) is 1.67. The van der Waals surface area contributed by atoms with Gasteiger partial charge in [0.05, 0.1) is 0 Å². The molecule has 0 radical (unpaired) electrons. The molecule has 1 aromatic rings. The predicted octanol–water partition coefficient (Wildman–Crippen LogP) is 2.11. The van der Waals surface area contributed by atoms with Crippen molar-refractivity contribution in [3.8, 4) is 0 Å². The van der Waals surface area contributed by atoms with E-state index in [0.29, 0.717) is 12.3 Å². The maximum atomic E-state index is 10.9. The van der Waals surface area contributed by atoms with Crippen molar-refractivity contribution in [2.75, 3.05) is 19.6 Å². The van der Waals surface area contributed by atoms with E-state index in [-0.39, 0.29) is 5.91 Å². The maximum absolute atomic E-state index is 10.9. The fourth-order valence-electron chi connectivity index (χ4n) is 3.02. The van der Waals surface area contributed by atoms with Gasteiger partial charge in [-0.3, -0.25) is 10.0 Å². The van der Waals surface area contributed by atoms with Gasteiger partial charge in [-0.1, -0.05) is 12.8 Å². The molecule has 2 N–H and O–H groups in total. The highest BCUT2D eigenvalue weighted by Gasteiger charge is 2.22. The van der Waals surface area contributed by atoms with Gasteiger partial charge in [0, 0.05) is 31.3 Å². The second-order valence-electron chi connectivity index (χ2n) is 5.95. The van der Waals surface area contributed by atoms with Crippen LogP contribution in [0.25, 0.3) is 0 Å². The highest BCUT2D eigenvalue weighted by atomic mass is 16.5. The molecule has 1 aliphatic rings. The third-order valence-corrected chi connectivity index (χ3v) is 4.21. The summed E-state index contributed by atoms with van der Waals surface area (Å²) in [5.74, 6) is 1.15. The Bertz CT molecular complexity index is 441. The van der Waals surface area contributed by atoms with E-state index >= 15 is 0 Å². The Labute approximate surface area is 131 Å². The van der Waals surface area contributed by atoms with Crippen LogP contribution in [0.15, 0.2) is 18.5 Å². The van der Waals surface area contributed by atoms with E-state index in [0.717, 1.165) is 51.1 Å². The van der Waals surface area contributed by atoms with Crippen LogP contribution in [0.1, 0.15) is 56.7 Å². The molecule has 1 saturated heterocycles. The summed E-state index contributed by atoms with van der Waals surface area (Å²) in [6.07, 6.45) is 10.6. The Kier molecular flexibility index (Phi) is 7.25. The summed E-state index contributed by atoms with van der Waals surface area (Å²) in [6, 6.07) is 1.86. The second kappa shape index (κ2) is 9.48.